The Bertz CT molecular complexity index is 436. The molecule has 0 bridgehead atoms. The second-order valence-corrected chi connectivity index (χ2v) is 5.27. The summed E-state index contributed by atoms with van der Waals surface area (Å²) < 4.78 is 13.1. The van der Waals surface area contributed by atoms with Gasteiger partial charge in [0.2, 0.25) is 5.91 Å². The lowest BCUT2D eigenvalue weighted by atomic mass is 9.97. The van der Waals surface area contributed by atoms with Gasteiger partial charge in [-0.3, -0.25) is 4.79 Å². The molecule has 1 aromatic rings. The first kappa shape index (κ1) is 16.9. The van der Waals surface area contributed by atoms with Crippen LogP contribution in [0.2, 0.25) is 0 Å². The summed E-state index contributed by atoms with van der Waals surface area (Å²) in [4.78, 5) is 11.9. The van der Waals surface area contributed by atoms with Crippen molar-refractivity contribution in [3.05, 3.63) is 35.6 Å². The van der Waals surface area contributed by atoms with E-state index >= 15 is 0 Å². The summed E-state index contributed by atoms with van der Waals surface area (Å²) in [7, 11) is 0. The van der Waals surface area contributed by atoms with Gasteiger partial charge in [0.15, 0.2) is 0 Å². The molecule has 0 spiro atoms. The lowest BCUT2D eigenvalue weighted by molar-refractivity contribution is -0.122. The van der Waals surface area contributed by atoms with E-state index in [1.54, 1.807) is 6.07 Å². The number of carbonyl (C=O) groups excluding carboxylic acids is 1. The average Bonchev–Trinajstić information content (AvgIpc) is 2.39. The van der Waals surface area contributed by atoms with Crippen LogP contribution in [0.4, 0.5) is 4.39 Å². The van der Waals surface area contributed by atoms with Crippen molar-refractivity contribution in [1.82, 2.24) is 10.6 Å². The maximum atomic E-state index is 13.1. The summed E-state index contributed by atoms with van der Waals surface area (Å²) in [5, 5.41) is 6.31. The van der Waals surface area contributed by atoms with E-state index < -0.39 is 0 Å². The third-order valence-electron chi connectivity index (χ3n) is 3.57. The molecule has 5 heteroatoms. The molecule has 1 aliphatic rings. The molecule has 112 valence electrons. The second kappa shape index (κ2) is 8.22. The van der Waals surface area contributed by atoms with E-state index in [4.69, 9.17) is 0 Å². The molecule has 1 heterocycles. The molecule has 1 aliphatic heterocycles. The molecule has 1 fully saturated rings. The van der Waals surface area contributed by atoms with Crippen LogP contribution >= 0.6 is 12.4 Å². The molecule has 3 nitrogen and oxygen atoms in total. The Balaban J connectivity index is 0.00000200. The van der Waals surface area contributed by atoms with Crippen molar-refractivity contribution in [2.24, 2.45) is 0 Å². The standard InChI is InChI=1S/C15H21FN2O.ClH/c1-11(12-4-2-5-13(16)9-12)8-15(19)18-14-6-3-7-17-10-14;/h2,4-5,9,11,14,17H,3,6-8,10H2,1H3,(H,18,19);1H/t11?,14-;/m0./s1. The van der Waals surface area contributed by atoms with Gasteiger partial charge in [0.25, 0.3) is 0 Å². The van der Waals surface area contributed by atoms with E-state index in [1.165, 1.54) is 12.1 Å². The minimum absolute atomic E-state index is 0. The quantitative estimate of drug-likeness (QED) is 0.897. The van der Waals surface area contributed by atoms with Gasteiger partial charge in [-0.1, -0.05) is 19.1 Å². The normalized spacial score (nSPS) is 19.8. The van der Waals surface area contributed by atoms with Crippen molar-refractivity contribution in [1.29, 1.82) is 0 Å². The summed E-state index contributed by atoms with van der Waals surface area (Å²) in [6.07, 6.45) is 2.54. The number of hydrogen-bond donors (Lipinski definition) is 2. The number of hydrogen-bond acceptors (Lipinski definition) is 2. The number of benzene rings is 1. The Morgan fingerprint density at radius 1 is 1.55 bits per heavy atom. The Morgan fingerprint density at radius 3 is 3.00 bits per heavy atom. The van der Waals surface area contributed by atoms with Crippen molar-refractivity contribution in [2.75, 3.05) is 13.1 Å². The van der Waals surface area contributed by atoms with E-state index in [0.717, 1.165) is 31.5 Å². The lowest BCUT2D eigenvalue weighted by Crippen LogP contribution is -2.45. The van der Waals surface area contributed by atoms with Gasteiger partial charge in [0.05, 0.1) is 0 Å². The topological polar surface area (TPSA) is 41.1 Å². The molecule has 1 aromatic carbocycles. The Kier molecular flexibility index (Phi) is 6.96. The van der Waals surface area contributed by atoms with Crippen LogP contribution in [0.3, 0.4) is 0 Å². The van der Waals surface area contributed by atoms with Gasteiger partial charge in [0, 0.05) is 19.0 Å². The third kappa shape index (κ3) is 5.10. The van der Waals surface area contributed by atoms with Gasteiger partial charge in [-0.05, 0) is 43.0 Å². The SMILES string of the molecule is CC(CC(=O)N[C@H]1CCCNC1)c1cccc(F)c1.Cl. The van der Waals surface area contributed by atoms with Crippen LogP contribution in [0.25, 0.3) is 0 Å². The van der Waals surface area contributed by atoms with Crippen molar-refractivity contribution in [2.45, 2.75) is 38.1 Å². The summed E-state index contributed by atoms with van der Waals surface area (Å²) in [5.74, 6) is -0.168. The zero-order chi connectivity index (χ0) is 13.7. The van der Waals surface area contributed by atoms with Gasteiger partial charge < -0.3 is 10.6 Å². The van der Waals surface area contributed by atoms with Crippen molar-refractivity contribution in [3.8, 4) is 0 Å². The monoisotopic (exact) mass is 300 g/mol. The number of nitrogens with one attached hydrogen (secondary N) is 2. The molecule has 0 aliphatic carbocycles. The van der Waals surface area contributed by atoms with Crippen LogP contribution in [0.1, 0.15) is 37.7 Å². The molecule has 1 amide bonds. The highest BCUT2D eigenvalue weighted by Crippen LogP contribution is 2.19. The van der Waals surface area contributed by atoms with Gasteiger partial charge in [0.1, 0.15) is 5.82 Å². The van der Waals surface area contributed by atoms with Crippen LogP contribution in [-0.4, -0.2) is 25.0 Å². The van der Waals surface area contributed by atoms with Gasteiger partial charge in [-0.2, -0.15) is 0 Å². The predicted molar refractivity (Wildman–Crippen MR) is 80.7 cm³/mol. The first-order chi connectivity index (χ1) is 9.15. The predicted octanol–water partition coefficient (Wildman–Crippen LogP) is 2.61. The molecule has 0 radical (unpaired) electrons. The second-order valence-electron chi connectivity index (χ2n) is 5.27. The summed E-state index contributed by atoms with van der Waals surface area (Å²) >= 11 is 0. The summed E-state index contributed by atoms with van der Waals surface area (Å²) in [6.45, 7) is 3.83. The highest BCUT2D eigenvalue weighted by atomic mass is 35.5. The fourth-order valence-corrected chi connectivity index (χ4v) is 2.47. The molecule has 1 unspecified atom stereocenters. The van der Waals surface area contributed by atoms with E-state index in [-0.39, 0.29) is 36.1 Å². The summed E-state index contributed by atoms with van der Waals surface area (Å²) in [6, 6.07) is 6.71. The van der Waals surface area contributed by atoms with Gasteiger partial charge >= 0.3 is 0 Å². The molecule has 2 rings (SSSR count). The van der Waals surface area contributed by atoms with Crippen molar-refractivity contribution >= 4 is 18.3 Å². The largest absolute Gasteiger partial charge is 0.352 e. The zero-order valence-corrected chi connectivity index (χ0v) is 12.5. The molecule has 0 aromatic heterocycles. The maximum absolute atomic E-state index is 13.1. The van der Waals surface area contributed by atoms with Crippen LogP contribution < -0.4 is 10.6 Å². The van der Waals surface area contributed by atoms with E-state index in [0.29, 0.717) is 6.42 Å². The van der Waals surface area contributed by atoms with Crippen LogP contribution in [0.5, 0.6) is 0 Å². The highest BCUT2D eigenvalue weighted by molar-refractivity contribution is 5.85. The molecule has 20 heavy (non-hydrogen) atoms. The molecule has 2 N–H and O–H groups in total. The number of piperidine rings is 1. The molecular weight excluding hydrogens is 279 g/mol. The minimum atomic E-state index is -0.249. The van der Waals surface area contributed by atoms with Gasteiger partial charge in [-0.15, -0.1) is 12.4 Å². The maximum Gasteiger partial charge on any atom is 0.220 e. The fraction of sp³-hybridized carbons (Fsp3) is 0.533. The van der Waals surface area contributed by atoms with Gasteiger partial charge in [-0.25, -0.2) is 4.39 Å². The zero-order valence-electron chi connectivity index (χ0n) is 11.7. The number of amides is 1. The molecule has 1 saturated heterocycles. The number of rotatable bonds is 4. The van der Waals surface area contributed by atoms with Crippen molar-refractivity contribution in [3.63, 3.8) is 0 Å². The minimum Gasteiger partial charge on any atom is -0.352 e. The smallest absolute Gasteiger partial charge is 0.220 e. The molecule has 2 atom stereocenters. The van der Waals surface area contributed by atoms with Crippen LogP contribution in [-0.2, 0) is 4.79 Å². The lowest BCUT2D eigenvalue weighted by Gasteiger charge is -2.24. The van der Waals surface area contributed by atoms with E-state index in [9.17, 15) is 9.18 Å². The Labute approximate surface area is 125 Å². The van der Waals surface area contributed by atoms with E-state index in [1.807, 2.05) is 13.0 Å². The molecule has 0 saturated carbocycles. The summed E-state index contributed by atoms with van der Waals surface area (Å²) in [5.41, 5.74) is 0.872. The fourth-order valence-electron chi connectivity index (χ4n) is 2.47. The van der Waals surface area contributed by atoms with Crippen LogP contribution in [0, 0.1) is 5.82 Å². The van der Waals surface area contributed by atoms with Crippen LogP contribution in [0.15, 0.2) is 24.3 Å². The first-order valence-electron chi connectivity index (χ1n) is 6.90. The number of halogens is 2. The molecular formula is C15H22ClFN2O. The first-order valence-corrected chi connectivity index (χ1v) is 6.90. The van der Waals surface area contributed by atoms with E-state index in [2.05, 4.69) is 10.6 Å². The average molecular weight is 301 g/mol. The third-order valence-corrected chi connectivity index (χ3v) is 3.57. The number of carbonyl (C=O) groups is 1. The Hall–Kier alpha value is -1.13. The van der Waals surface area contributed by atoms with Crippen molar-refractivity contribution < 1.29 is 9.18 Å². The highest BCUT2D eigenvalue weighted by Gasteiger charge is 2.17. The Morgan fingerprint density at radius 2 is 2.35 bits per heavy atom.